The van der Waals surface area contributed by atoms with E-state index in [9.17, 15) is 14.7 Å². The number of thiophene rings is 1. The number of benzene rings is 2. The van der Waals surface area contributed by atoms with Gasteiger partial charge in [0, 0.05) is 60.5 Å². The van der Waals surface area contributed by atoms with Gasteiger partial charge in [-0.3, -0.25) is 9.59 Å². The number of amides is 1. The van der Waals surface area contributed by atoms with Crippen LogP contribution in [0.2, 0.25) is 0 Å². The number of carbonyl (C=O) groups excluding carboxylic acids is 1. The number of nitrogens with one attached hydrogen (secondary N) is 1. The van der Waals surface area contributed by atoms with Gasteiger partial charge in [-0.2, -0.15) is 0 Å². The first-order valence-corrected chi connectivity index (χ1v) is 16.0. The van der Waals surface area contributed by atoms with E-state index >= 15 is 4.39 Å². The van der Waals surface area contributed by atoms with E-state index < -0.39 is 5.82 Å². The minimum atomic E-state index is -0.512. The maximum Gasteiger partial charge on any atom is 0.274 e. The largest absolute Gasteiger partial charge is 0.392 e. The molecule has 1 aliphatic carbocycles. The molecule has 7 nitrogen and oxygen atoms in total. The van der Waals surface area contributed by atoms with Crippen molar-refractivity contribution in [2.75, 3.05) is 36.9 Å². The summed E-state index contributed by atoms with van der Waals surface area (Å²) in [5, 5.41) is 13.9. The molecule has 0 radical (unpaired) electrons. The molecule has 1 fully saturated rings. The van der Waals surface area contributed by atoms with Crippen molar-refractivity contribution in [2.45, 2.75) is 45.6 Å². The number of likely N-dealkylation sites (N-methyl/N-ethyl adjacent to an activating group) is 1. The van der Waals surface area contributed by atoms with E-state index in [4.69, 9.17) is 0 Å². The lowest BCUT2D eigenvalue weighted by molar-refractivity contribution is 0.0984. The van der Waals surface area contributed by atoms with Crippen molar-refractivity contribution in [2.24, 2.45) is 12.5 Å². The standard InChI is InChI=1S/C35H37FN4O3S/c1-35(2)14-27-25-9-10-40(34(43)32(25)44-31(27)15-35)30-13-23(36)12-26(28(30)19-41)21-11-29(33(42)39(4)18-21)37-24-7-5-20(6-8-24)22-16-38(3)17-22/h5-8,11-13,18,22,37,41H,9-10,14-17,19H2,1-4H3. The zero-order valence-corrected chi connectivity index (χ0v) is 26.4. The molecule has 4 aromatic rings. The lowest BCUT2D eigenvalue weighted by Crippen LogP contribution is -2.41. The van der Waals surface area contributed by atoms with Crippen LogP contribution in [-0.4, -0.2) is 47.2 Å². The number of anilines is 3. The van der Waals surface area contributed by atoms with Crippen LogP contribution in [0.5, 0.6) is 0 Å². The first-order chi connectivity index (χ1) is 21.0. The number of halogens is 1. The van der Waals surface area contributed by atoms with E-state index in [0.29, 0.717) is 46.9 Å². The number of fused-ring (bicyclic) bond motifs is 3. The van der Waals surface area contributed by atoms with Gasteiger partial charge in [0.2, 0.25) is 0 Å². The Kier molecular flexibility index (Phi) is 7.03. The monoisotopic (exact) mass is 612 g/mol. The summed E-state index contributed by atoms with van der Waals surface area (Å²) in [7, 11) is 3.76. The molecule has 2 aromatic heterocycles. The molecule has 0 spiro atoms. The van der Waals surface area contributed by atoms with Crippen LogP contribution in [0.4, 0.5) is 21.5 Å². The highest BCUT2D eigenvalue weighted by Gasteiger charge is 2.38. The predicted octanol–water partition coefficient (Wildman–Crippen LogP) is 5.85. The highest BCUT2D eigenvalue weighted by atomic mass is 32.1. The Bertz CT molecular complexity index is 1850. The third kappa shape index (κ3) is 4.97. The van der Waals surface area contributed by atoms with Gasteiger partial charge in [0.15, 0.2) is 0 Å². The smallest absolute Gasteiger partial charge is 0.274 e. The van der Waals surface area contributed by atoms with E-state index in [0.717, 1.165) is 42.1 Å². The Balaban J connectivity index is 1.22. The summed E-state index contributed by atoms with van der Waals surface area (Å²) in [6.45, 7) is 6.62. The lowest BCUT2D eigenvalue weighted by atomic mass is 9.89. The highest BCUT2D eigenvalue weighted by molar-refractivity contribution is 7.14. The van der Waals surface area contributed by atoms with Crippen LogP contribution in [-0.2, 0) is 32.9 Å². The number of pyridine rings is 1. The third-order valence-electron chi connectivity index (χ3n) is 9.38. The summed E-state index contributed by atoms with van der Waals surface area (Å²) in [5.41, 5.74) is 6.65. The SMILES string of the molecule is CN1CC(c2ccc(Nc3cc(-c4cc(F)cc(N5CCc6c(sc7c6CC(C)(C)C7)C5=O)c4CO)cn(C)c3=O)cc2)C1. The maximum atomic E-state index is 15.3. The van der Waals surface area contributed by atoms with Crippen molar-refractivity contribution < 1.29 is 14.3 Å². The fraction of sp³-hybridized carbons (Fsp3) is 0.371. The number of hydrogen-bond acceptors (Lipinski definition) is 6. The molecule has 44 heavy (non-hydrogen) atoms. The Morgan fingerprint density at radius 1 is 1.05 bits per heavy atom. The van der Waals surface area contributed by atoms with E-state index in [-0.39, 0.29) is 23.5 Å². The second-order valence-electron chi connectivity index (χ2n) is 13.4. The predicted molar refractivity (Wildman–Crippen MR) is 174 cm³/mol. The fourth-order valence-corrected chi connectivity index (χ4v) is 8.70. The third-order valence-corrected chi connectivity index (χ3v) is 10.6. The van der Waals surface area contributed by atoms with Crippen molar-refractivity contribution in [3.63, 3.8) is 0 Å². The number of aliphatic hydroxyl groups is 1. The molecule has 2 aliphatic heterocycles. The molecule has 0 unspecified atom stereocenters. The van der Waals surface area contributed by atoms with Gasteiger partial charge in [0.05, 0.1) is 17.2 Å². The van der Waals surface area contributed by atoms with Gasteiger partial charge in [-0.05, 0) is 84.3 Å². The maximum absolute atomic E-state index is 15.3. The number of hydrogen-bond donors (Lipinski definition) is 2. The number of nitrogens with zero attached hydrogens (tertiary/aromatic N) is 3. The zero-order chi connectivity index (χ0) is 30.9. The van der Waals surface area contributed by atoms with Crippen molar-refractivity contribution in [1.82, 2.24) is 9.47 Å². The molecule has 1 saturated heterocycles. The molecule has 0 atom stereocenters. The molecule has 2 N–H and O–H groups in total. The molecule has 3 aliphatic rings. The van der Waals surface area contributed by atoms with Crippen molar-refractivity contribution in [3.05, 3.63) is 96.8 Å². The molecule has 228 valence electrons. The highest BCUT2D eigenvalue weighted by Crippen LogP contribution is 2.46. The van der Waals surface area contributed by atoms with Gasteiger partial charge in [-0.25, -0.2) is 4.39 Å². The Morgan fingerprint density at radius 2 is 1.80 bits per heavy atom. The number of aryl methyl sites for hydroxylation is 1. The molecule has 9 heteroatoms. The molecule has 2 aromatic carbocycles. The Morgan fingerprint density at radius 3 is 2.50 bits per heavy atom. The van der Waals surface area contributed by atoms with Gasteiger partial charge in [0.1, 0.15) is 11.5 Å². The topological polar surface area (TPSA) is 77.8 Å². The summed E-state index contributed by atoms with van der Waals surface area (Å²) in [6, 6.07) is 12.5. The number of likely N-dealkylation sites (tertiary alicyclic amines) is 1. The van der Waals surface area contributed by atoms with Crippen LogP contribution in [0.25, 0.3) is 11.1 Å². The summed E-state index contributed by atoms with van der Waals surface area (Å²) in [4.78, 5) is 32.9. The van der Waals surface area contributed by atoms with E-state index in [1.165, 1.54) is 32.7 Å². The van der Waals surface area contributed by atoms with Crippen LogP contribution < -0.4 is 15.8 Å². The number of aliphatic hydroxyl groups excluding tert-OH is 1. The summed E-state index contributed by atoms with van der Waals surface area (Å²) in [6.07, 6.45) is 4.27. The number of aromatic nitrogens is 1. The quantitative estimate of drug-likeness (QED) is 0.286. The van der Waals surface area contributed by atoms with E-state index in [1.807, 2.05) is 12.1 Å². The minimum Gasteiger partial charge on any atom is -0.392 e. The molecule has 7 rings (SSSR count). The van der Waals surface area contributed by atoms with Crippen LogP contribution in [0, 0.1) is 11.2 Å². The molecule has 0 bridgehead atoms. The average Bonchev–Trinajstić information content (AvgIpc) is 3.46. The first kappa shape index (κ1) is 29.0. The second kappa shape index (κ2) is 10.7. The van der Waals surface area contributed by atoms with Gasteiger partial charge in [-0.15, -0.1) is 11.3 Å². The summed E-state index contributed by atoms with van der Waals surface area (Å²) >= 11 is 1.57. The Hall–Kier alpha value is -3.79. The van der Waals surface area contributed by atoms with Gasteiger partial charge < -0.3 is 24.8 Å². The average molecular weight is 613 g/mol. The van der Waals surface area contributed by atoms with Crippen LogP contribution >= 0.6 is 11.3 Å². The second-order valence-corrected chi connectivity index (χ2v) is 14.5. The van der Waals surface area contributed by atoms with Crippen molar-refractivity contribution in [3.8, 4) is 11.1 Å². The molecule has 4 heterocycles. The Labute approximate surface area is 260 Å². The molecule has 0 saturated carbocycles. The lowest BCUT2D eigenvalue weighted by Gasteiger charge is -2.36. The van der Waals surface area contributed by atoms with E-state index in [1.54, 1.807) is 35.5 Å². The normalized spacial score (nSPS) is 17.9. The van der Waals surface area contributed by atoms with Crippen LogP contribution in [0.15, 0.2) is 53.5 Å². The minimum absolute atomic E-state index is 0.144. The summed E-state index contributed by atoms with van der Waals surface area (Å²) in [5.74, 6) is -0.133. The van der Waals surface area contributed by atoms with Crippen LogP contribution in [0.1, 0.15) is 56.6 Å². The molecule has 1 amide bonds. The first-order valence-electron chi connectivity index (χ1n) is 15.2. The molecular weight excluding hydrogens is 575 g/mol. The molecular formula is C35H37FN4O3S. The fourth-order valence-electron chi connectivity index (χ4n) is 7.13. The van der Waals surface area contributed by atoms with Crippen LogP contribution in [0.3, 0.4) is 0 Å². The van der Waals surface area contributed by atoms with E-state index in [2.05, 4.69) is 43.2 Å². The van der Waals surface area contributed by atoms with Crippen molar-refractivity contribution >= 4 is 34.3 Å². The summed E-state index contributed by atoms with van der Waals surface area (Å²) < 4.78 is 16.8. The van der Waals surface area contributed by atoms with Gasteiger partial charge in [-0.1, -0.05) is 26.0 Å². The van der Waals surface area contributed by atoms with Gasteiger partial charge in [0.25, 0.3) is 11.5 Å². The zero-order valence-electron chi connectivity index (χ0n) is 25.5. The van der Waals surface area contributed by atoms with Crippen molar-refractivity contribution in [1.29, 1.82) is 0 Å². The number of rotatable bonds is 6. The number of carbonyl (C=O) groups is 1. The van der Waals surface area contributed by atoms with Gasteiger partial charge >= 0.3 is 0 Å².